The highest BCUT2D eigenvalue weighted by molar-refractivity contribution is 5.71. The van der Waals surface area contributed by atoms with Crippen LogP contribution >= 0.6 is 0 Å². The third-order valence-electron chi connectivity index (χ3n) is 3.19. The number of ether oxygens (including phenoxy) is 1. The van der Waals surface area contributed by atoms with Crippen molar-refractivity contribution in [3.8, 4) is 0 Å². The van der Waals surface area contributed by atoms with E-state index >= 15 is 0 Å². The molecule has 0 fully saturated rings. The fourth-order valence-corrected chi connectivity index (χ4v) is 2.10. The molecular formula is C14H17F4NO2. The van der Waals surface area contributed by atoms with E-state index in [1.54, 1.807) is 0 Å². The van der Waals surface area contributed by atoms with Crippen LogP contribution in [0.15, 0.2) is 18.2 Å². The van der Waals surface area contributed by atoms with Gasteiger partial charge in [-0.2, -0.15) is 13.2 Å². The number of carbonyl (C=O) groups excluding carboxylic acids is 1. The predicted octanol–water partition coefficient (Wildman–Crippen LogP) is 3.23. The van der Waals surface area contributed by atoms with Gasteiger partial charge in [-0.3, -0.25) is 4.79 Å². The van der Waals surface area contributed by atoms with E-state index in [2.05, 4.69) is 4.74 Å². The van der Waals surface area contributed by atoms with Crippen molar-refractivity contribution < 1.29 is 27.1 Å². The smallest absolute Gasteiger partial charge is 0.416 e. The SMILES string of the molecule is COC(=O)CC(c1ccc(F)cc1C(F)(F)F)C(C)(C)N. The van der Waals surface area contributed by atoms with E-state index in [9.17, 15) is 22.4 Å². The number of hydrogen-bond acceptors (Lipinski definition) is 3. The molecule has 0 radical (unpaired) electrons. The minimum atomic E-state index is -4.74. The first-order valence-corrected chi connectivity index (χ1v) is 6.19. The summed E-state index contributed by atoms with van der Waals surface area (Å²) in [6, 6.07) is 2.34. The van der Waals surface area contributed by atoms with E-state index in [4.69, 9.17) is 5.73 Å². The van der Waals surface area contributed by atoms with Gasteiger partial charge in [-0.25, -0.2) is 4.39 Å². The van der Waals surface area contributed by atoms with Gasteiger partial charge >= 0.3 is 12.1 Å². The summed E-state index contributed by atoms with van der Waals surface area (Å²) >= 11 is 0. The summed E-state index contributed by atoms with van der Waals surface area (Å²) in [5.74, 6) is -2.64. The molecule has 1 unspecified atom stereocenters. The highest BCUT2D eigenvalue weighted by Gasteiger charge is 2.39. The molecule has 3 nitrogen and oxygen atoms in total. The molecule has 0 bridgehead atoms. The summed E-state index contributed by atoms with van der Waals surface area (Å²) in [5, 5.41) is 0. The van der Waals surface area contributed by atoms with Crippen LogP contribution in [-0.4, -0.2) is 18.6 Å². The Labute approximate surface area is 120 Å². The topological polar surface area (TPSA) is 52.3 Å². The quantitative estimate of drug-likeness (QED) is 0.686. The Morgan fingerprint density at radius 1 is 1.33 bits per heavy atom. The second kappa shape index (κ2) is 6.01. The van der Waals surface area contributed by atoms with E-state index in [1.165, 1.54) is 13.8 Å². The molecular weight excluding hydrogens is 290 g/mol. The highest BCUT2D eigenvalue weighted by atomic mass is 19.4. The first-order chi connectivity index (χ1) is 9.46. The van der Waals surface area contributed by atoms with Crippen LogP contribution in [0.5, 0.6) is 0 Å². The molecule has 0 aliphatic rings. The number of rotatable bonds is 4. The van der Waals surface area contributed by atoms with Gasteiger partial charge in [-0.1, -0.05) is 6.07 Å². The van der Waals surface area contributed by atoms with Gasteiger partial charge < -0.3 is 10.5 Å². The molecule has 0 saturated carbocycles. The number of carbonyl (C=O) groups is 1. The standard InChI is InChI=1S/C14H17F4NO2/c1-13(2,19)10(7-12(20)21-3)9-5-4-8(15)6-11(9)14(16,17)18/h4-6,10H,7,19H2,1-3H3. The number of esters is 1. The lowest BCUT2D eigenvalue weighted by Crippen LogP contribution is -2.41. The average Bonchev–Trinajstić information content (AvgIpc) is 2.33. The second-order valence-corrected chi connectivity index (χ2v) is 5.38. The zero-order chi connectivity index (χ0) is 16.4. The molecule has 21 heavy (non-hydrogen) atoms. The molecule has 2 N–H and O–H groups in total. The van der Waals surface area contributed by atoms with Gasteiger partial charge in [0.2, 0.25) is 0 Å². The fraction of sp³-hybridized carbons (Fsp3) is 0.500. The van der Waals surface area contributed by atoms with Crippen molar-refractivity contribution in [2.75, 3.05) is 7.11 Å². The van der Waals surface area contributed by atoms with Crippen LogP contribution in [0.25, 0.3) is 0 Å². The van der Waals surface area contributed by atoms with Gasteiger partial charge in [-0.05, 0) is 31.5 Å². The molecule has 0 aromatic heterocycles. The molecule has 0 aliphatic carbocycles. The van der Waals surface area contributed by atoms with Crippen LogP contribution < -0.4 is 5.73 Å². The maximum absolute atomic E-state index is 13.1. The number of nitrogens with two attached hydrogens (primary N) is 1. The van der Waals surface area contributed by atoms with Crippen molar-refractivity contribution in [2.45, 2.75) is 37.9 Å². The summed E-state index contributed by atoms with van der Waals surface area (Å²) in [5.41, 5.74) is 3.43. The summed E-state index contributed by atoms with van der Waals surface area (Å²) in [7, 11) is 1.14. The third kappa shape index (κ3) is 4.42. The van der Waals surface area contributed by atoms with Crippen molar-refractivity contribution in [2.24, 2.45) is 5.73 Å². The summed E-state index contributed by atoms with van der Waals surface area (Å²) in [4.78, 5) is 11.4. The van der Waals surface area contributed by atoms with Gasteiger partial charge in [0.15, 0.2) is 0 Å². The Morgan fingerprint density at radius 3 is 2.33 bits per heavy atom. The summed E-state index contributed by atoms with van der Waals surface area (Å²) in [6.07, 6.45) is -5.06. The van der Waals surface area contributed by atoms with Crippen molar-refractivity contribution >= 4 is 5.97 Å². The molecule has 0 saturated heterocycles. The Bertz CT molecular complexity index is 521. The van der Waals surface area contributed by atoms with E-state index < -0.39 is 35.0 Å². The van der Waals surface area contributed by atoms with E-state index in [1.807, 2.05) is 0 Å². The first kappa shape index (κ1) is 17.4. The zero-order valence-electron chi connectivity index (χ0n) is 11.9. The first-order valence-electron chi connectivity index (χ1n) is 6.19. The largest absolute Gasteiger partial charge is 0.469 e. The highest BCUT2D eigenvalue weighted by Crippen LogP contribution is 2.40. The lowest BCUT2D eigenvalue weighted by Gasteiger charge is -2.32. The normalized spacial score (nSPS) is 13.9. The van der Waals surface area contributed by atoms with Crippen molar-refractivity contribution in [1.82, 2.24) is 0 Å². The van der Waals surface area contributed by atoms with Gasteiger partial charge in [0.25, 0.3) is 0 Å². The summed E-state index contributed by atoms with van der Waals surface area (Å²) < 4.78 is 56.9. The third-order valence-corrected chi connectivity index (χ3v) is 3.19. The van der Waals surface area contributed by atoms with Crippen LogP contribution in [0.4, 0.5) is 17.6 Å². The molecule has 0 heterocycles. The average molecular weight is 307 g/mol. The van der Waals surface area contributed by atoms with Crippen LogP contribution in [0, 0.1) is 5.82 Å². The molecule has 1 aromatic carbocycles. The lowest BCUT2D eigenvalue weighted by atomic mass is 9.78. The minimum absolute atomic E-state index is 0.221. The molecule has 0 aliphatic heterocycles. The molecule has 1 aromatic rings. The number of hydrogen-bond donors (Lipinski definition) is 1. The maximum atomic E-state index is 13.1. The van der Waals surface area contributed by atoms with Gasteiger partial charge in [0.05, 0.1) is 19.1 Å². The Hall–Kier alpha value is -1.63. The zero-order valence-corrected chi connectivity index (χ0v) is 11.9. The lowest BCUT2D eigenvalue weighted by molar-refractivity contribution is -0.143. The van der Waals surface area contributed by atoms with Gasteiger partial charge in [-0.15, -0.1) is 0 Å². The maximum Gasteiger partial charge on any atom is 0.416 e. The van der Waals surface area contributed by atoms with Crippen LogP contribution in [0.2, 0.25) is 0 Å². The Morgan fingerprint density at radius 2 is 1.90 bits per heavy atom. The molecule has 0 spiro atoms. The number of alkyl halides is 3. The second-order valence-electron chi connectivity index (χ2n) is 5.38. The molecule has 1 atom stereocenters. The molecule has 7 heteroatoms. The van der Waals surface area contributed by atoms with Crippen LogP contribution in [-0.2, 0) is 15.7 Å². The van der Waals surface area contributed by atoms with E-state index in [-0.39, 0.29) is 12.0 Å². The fourth-order valence-electron chi connectivity index (χ4n) is 2.10. The summed E-state index contributed by atoms with van der Waals surface area (Å²) in [6.45, 7) is 3.01. The number of benzene rings is 1. The van der Waals surface area contributed by atoms with Crippen LogP contribution in [0.3, 0.4) is 0 Å². The minimum Gasteiger partial charge on any atom is -0.469 e. The van der Waals surface area contributed by atoms with Crippen molar-refractivity contribution in [1.29, 1.82) is 0 Å². The van der Waals surface area contributed by atoms with E-state index in [0.29, 0.717) is 6.07 Å². The molecule has 118 valence electrons. The Balaban J connectivity index is 3.41. The molecule has 0 amide bonds. The van der Waals surface area contributed by atoms with Gasteiger partial charge in [0, 0.05) is 11.5 Å². The monoisotopic (exact) mass is 307 g/mol. The van der Waals surface area contributed by atoms with Crippen molar-refractivity contribution in [3.05, 3.63) is 35.1 Å². The van der Waals surface area contributed by atoms with Crippen molar-refractivity contribution in [3.63, 3.8) is 0 Å². The van der Waals surface area contributed by atoms with Gasteiger partial charge in [0.1, 0.15) is 5.82 Å². The number of methoxy groups -OCH3 is 1. The Kier molecular flexibility index (Phi) is 4.99. The van der Waals surface area contributed by atoms with Crippen LogP contribution in [0.1, 0.15) is 37.3 Å². The number of halogens is 4. The van der Waals surface area contributed by atoms with E-state index in [0.717, 1.165) is 19.2 Å². The molecule has 1 rings (SSSR count). The predicted molar refractivity (Wildman–Crippen MR) is 69.0 cm³/mol.